The van der Waals surface area contributed by atoms with E-state index >= 15 is 0 Å². The van der Waals surface area contributed by atoms with E-state index in [0.717, 1.165) is 5.56 Å². The zero-order chi connectivity index (χ0) is 12.7. The highest BCUT2D eigenvalue weighted by molar-refractivity contribution is 6.31. The largest absolute Gasteiger partial charge is 0.493 e. The van der Waals surface area contributed by atoms with Gasteiger partial charge in [0.15, 0.2) is 0 Å². The van der Waals surface area contributed by atoms with Crippen LogP contribution in [0.3, 0.4) is 0 Å². The van der Waals surface area contributed by atoms with Gasteiger partial charge >= 0.3 is 0 Å². The Kier molecular flexibility index (Phi) is 5.80. The Labute approximate surface area is 106 Å². The summed E-state index contributed by atoms with van der Waals surface area (Å²) in [5, 5.41) is 11.8. The van der Waals surface area contributed by atoms with Gasteiger partial charge in [-0.25, -0.2) is 0 Å². The van der Waals surface area contributed by atoms with Gasteiger partial charge in [-0.2, -0.15) is 0 Å². The van der Waals surface area contributed by atoms with E-state index in [4.69, 9.17) is 21.4 Å². The number of hydrogen-bond acceptors (Lipinski definition) is 3. The second-order valence-electron chi connectivity index (χ2n) is 3.58. The summed E-state index contributed by atoms with van der Waals surface area (Å²) in [6.45, 7) is 2.42. The van der Waals surface area contributed by atoms with Crippen LogP contribution in [-0.4, -0.2) is 30.8 Å². The molecule has 5 heteroatoms. The van der Waals surface area contributed by atoms with Crippen LogP contribution in [0.5, 0.6) is 5.75 Å². The van der Waals surface area contributed by atoms with Crippen LogP contribution >= 0.6 is 11.6 Å². The summed E-state index contributed by atoms with van der Waals surface area (Å²) in [6.07, 6.45) is 0.266. The quantitative estimate of drug-likeness (QED) is 0.813. The molecule has 0 aromatic heterocycles. The van der Waals surface area contributed by atoms with Gasteiger partial charge in [0.1, 0.15) is 5.75 Å². The molecular weight excluding hydrogens is 242 g/mol. The number of hydrogen-bond donors (Lipinski definition) is 2. The Hall–Kier alpha value is -1.26. The molecule has 0 saturated heterocycles. The minimum Gasteiger partial charge on any atom is -0.493 e. The normalized spacial score (nSPS) is 10.1. The molecular formula is C12H16ClNO3. The Morgan fingerprint density at radius 1 is 1.53 bits per heavy atom. The molecule has 0 spiro atoms. The molecule has 0 fully saturated rings. The first-order valence-electron chi connectivity index (χ1n) is 5.40. The Morgan fingerprint density at radius 2 is 2.29 bits per heavy atom. The van der Waals surface area contributed by atoms with E-state index in [1.165, 1.54) is 0 Å². The minimum atomic E-state index is -0.135. The first-order valence-corrected chi connectivity index (χ1v) is 5.78. The number of amides is 1. The second-order valence-corrected chi connectivity index (χ2v) is 3.99. The number of aryl methyl sites for hydroxylation is 1. The van der Waals surface area contributed by atoms with Crippen molar-refractivity contribution in [2.45, 2.75) is 13.3 Å². The van der Waals surface area contributed by atoms with Crippen LogP contribution in [0.2, 0.25) is 5.02 Å². The number of aliphatic hydroxyl groups excluding tert-OH is 1. The van der Waals surface area contributed by atoms with Gasteiger partial charge in [-0.1, -0.05) is 11.6 Å². The molecule has 0 heterocycles. The number of benzene rings is 1. The number of halogens is 1. The summed E-state index contributed by atoms with van der Waals surface area (Å²) in [4.78, 5) is 11.2. The SMILES string of the molecule is Cc1cc(OCCC(=O)NCCO)ccc1Cl. The molecule has 0 radical (unpaired) electrons. The number of carbonyl (C=O) groups is 1. The standard InChI is InChI=1S/C12H16ClNO3/c1-9-8-10(2-3-11(9)13)17-7-4-12(16)14-5-6-15/h2-3,8,15H,4-7H2,1H3,(H,14,16). The van der Waals surface area contributed by atoms with E-state index in [0.29, 0.717) is 17.4 Å². The van der Waals surface area contributed by atoms with Gasteiger partial charge in [0.05, 0.1) is 19.6 Å². The van der Waals surface area contributed by atoms with Crippen molar-refractivity contribution >= 4 is 17.5 Å². The fourth-order valence-electron chi connectivity index (χ4n) is 1.25. The van der Waals surface area contributed by atoms with Crippen molar-refractivity contribution in [2.24, 2.45) is 0 Å². The summed E-state index contributed by atoms with van der Waals surface area (Å²) >= 11 is 5.88. The molecule has 0 atom stereocenters. The third-order valence-electron chi connectivity index (χ3n) is 2.16. The van der Waals surface area contributed by atoms with Crippen molar-refractivity contribution in [1.82, 2.24) is 5.32 Å². The molecule has 4 nitrogen and oxygen atoms in total. The van der Waals surface area contributed by atoms with E-state index in [1.807, 2.05) is 13.0 Å². The summed E-state index contributed by atoms with van der Waals surface area (Å²) in [7, 11) is 0. The van der Waals surface area contributed by atoms with Gasteiger partial charge in [0.2, 0.25) is 5.91 Å². The summed E-state index contributed by atoms with van der Waals surface area (Å²) in [5.74, 6) is 0.562. The average molecular weight is 258 g/mol. The van der Waals surface area contributed by atoms with Crippen LogP contribution in [0.1, 0.15) is 12.0 Å². The van der Waals surface area contributed by atoms with Crippen molar-refractivity contribution in [3.05, 3.63) is 28.8 Å². The van der Waals surface area contributed by atoms with E-state index in [9.17, 15) is 4.79 Å². The van der Waals surface area contributed by atoms with Crippen molar-refractivity contribution in [1.29, 1.82) is 0 Å². The van der Waals surface area contributed by atoms with Gasteiger partial charge < -0.3 is 15.2 Å². The number of aliphatic hydroxyl groups is 1. The lowest BCUT2D eigenvalue weighted by molar-refractivity contribution is -0.121. The van der Waals surface area contributed by atoms with Gasteiger partial charge in [0, 0.05) is 11.6 Å². The van der Waals surface area contributed by atoms with Crippen LogP contribution in [-0.2, 0) is 4.79 Å². The minimum absolute atomic E-state index is 0.0526. The summed E-state index contributed by atoms with van der Waals surface area (Å²) in [6, 6.07) is 5.35. The highest BCUT2D eigenvalue weighted by Crippen LogP contribution is 2.20. The van der Waals surface area contributed by atoms with Gasteiger partial charge in [-0.3, -0.25) is 4.79 Å². The van der Waals surface area contributed by atoms with Gasteiger partial charge in [-0.05, 0) is 30.7 Å². The highest BCUT2D eigenvalue weighted by atomic mass is 35.5. The lowest BCUT2D eigenvalue weighted by atomic mass is 10.2. The maximum atomic E-state index is 11.2. The number of ether oxygens (including phenoxy) is 1. The molecule has 1 amide bonds. The average Bonchev–Trinajstić information content (AvgIpc) is 2.31. The molecule has 94 valence electrons. The molecule has 2 N–H and O–H groups in total. The molecule has 0 unspecified atom stereocenters. The lowest BCUT2D eigenvalue weighted by Crippen LogP contribution is -2.27. The number of nitrogens with one attached hydrogen (secondary N) is 1. The van der Waals surface area contributed by atoms with Crippen molar-refractivity contribution < 1.29 is 14.6 Å². The maximum absolute atomic E-state index is 11.2. The van der Waals surface area contributed by atoms with Crippen LogP contribution in [0.25, 0.3) is 0 Å². The monoisotopic (exact) mass is 257 g/mol. The Bertz CT molecular complexity index is 382. The molecule has 1 aromatic carbocycles. The van der Waals surface area contributed by atoms with E-state index in [-0.39, 0.29) is 25.5 Å². The fourth-order valence-corrected chi connectivity index (χ4v) is 1.37. The third kappa shape index (κ3) is 5.06. The van der Waals surface area contributed by atoms with Gasteiger partial charge in [0.25, 0.3) is 0 Å². The molecule has 0 aliphatic heterocycles. The molecule has 0 saturated carbocycles. The van der Waals surface area contributed by atoms with E-state index in [2.05, 4.69) is 5.32 Å². The third-order valence-corrected chi connectivity index (χ3v) is 2.59. The fraction of sp³-hybridized carbons (Fsp3) is 0.417. The lowest BCUT2D eigenvalue weighted by Gasteiger charge is -2.07. The van der Waals surface area contributed by atoms with Crippen LogP contribution in [0, 0.1) is 6.92 Å². The van der Waals surface area contributed by atoms with Crippen LogP contribution in [0.4, 0.5) is 0 Å². The summed E-state index contributed by atoms with van der Waals surface area (Å²) in [5.41, 5.74) is 0.939. The van der Waals surface area contributed by atoms with Crippen LogP contribution < -0.4 is 10.1 Å². The number of rotatable bonds is 6. The highest BCUT2D eigenvalue weighted by Gasteiger charge is 2.02. The molecule has 0 aliphatic carbocycles. The van der Waals surface area contributed by atoms with Crippen molar-refractivity contribution in [3.63, 3.8) is 0 Å². The zero-order valence-corrected chi connectivity index (χ0v) is 10.5. The first-order chi connectivity index (χ1) is 8.13. The molecule has 0 aliphatic rings. The molecule has 1 rings (SSSR count). The Balaban J connectivity index is 2.30. The first kappa shape index (κ1) is 13.8. The summed E-state index contributed by atoms with van der Waals surface area (Å²) < 4.78 is 5.41. The van der Waals surface area contributed by atoms with E-state index < -0.39 is 0 Å². The molecule has 17 heavy (non-hydrogen) atoms. The smallest absolute Gasteiger partial charge is 0.223 e. The predicted octanol–water partition coefficient (Wildman–Crippen LogP) is 1.53. The number of carbonyl (C=O) groups excluding carboxylic acids is 1. The van der Waals surface area contributed by atoms with Crippen molar-refractivity contribution in [3.8, 4) is 5.75 Å². The van der Waals surface area contributed by atoms with E-state index in [1.54, 1.807) is 12.1 Å². The predicted molar refractivity (Wildman–Crippen MR) is 66.4 cm³/mol. The van der Waals surface area contributed by atoms with Crippen molar-refractivity contribution in [2.75, 3.05) is 19.8 Å². The second kappa shape index (κ2) is 7.14. The molecule has 0 bridgehead atoms. The van der Waals surface area contributed by atoms with Gasteiger partial charge in [-0.15, -0.1) is 0 Å². The van der Waals surface area contributed by atoms with Crippen LogP contribution in [0.15, 0.2) is 18.2 Å². The Morgan fingerprint density at radius 3 is 2.94 bits per heavy atom. The molecule has 1 aromatic rings. The topological polar surface area (TPSA) is 58.6 Å². The zero-order valence-electron chi connectivity index (χ0n) is 9.70. The maximum Gasteiger partial charge on any atom is 0.223 e.